The first kappa shape index (κ1) is 13.1. The van der Waals surface area contributed by atoms with Crippen molar-refractivity contribution in [3.63, 3.8) is 0 Å². The third kappa shape index (κ3) is 6.61. The summed E-state index contributed by atoms with van der Waals surface area (Å²) in [4.78, 5) is 2.52. The second-order valence-corrected chi connectivity index (χ2v) is 127. The molecule has 0 aromatic rings. The van der Waals surface area contributed by atoms with Gasteiger partial charge >= 0.3 is 107 Å². The van der Waals surface area contributed by atoms with E-state index in [2.05, 4.69) is 79.4 Å². The molecule has 0 heterocycles. The van der Waals surface area contributed by atoms with Crippen LogP contribution in [0.25, 0.3) is 0 Å². The molecule has 0 nitrogen and oxygen atoms in total. The summed E-state index contributed by atoms with van der Waals surface area (Å²) < 4.78 is 0. The average molecular weight is 903 g/mol. The van der Waals surface area contributed by atoms with E-state index in [0.29, 0.717) is 0 Å². The minimum atomic E-state index is -0.326. The number of hydrogen-bond acceptors (Lipinski definition) is 0. The van der Waals surface area contributed by atoms with Gasteiger partial charge in [0.15, 0.2) is 0 Å². The van der Waals surface area contributed by atoms with Gasteiger partial charge in [0.1, 0.15) is 0 Å². The fraction of sp³-hybridized carbons (Fsp3) is 1.00. The van der Waals surface area contributed by atoms with Crippen LogP contribution in [0.1, 0.15) is 0 Å². The Balaban J connectivity index is 3.46. The van der Waals surface area contributed by atoms with E-state index in [1.165, 1.54) is 0 Å². The van der Waals surface area contributed by atoms with Gasteiger partial charge in [-0.05, 0) is 0 Å². The fourth-order valence-corrected chi connectivity index (χ4v) is 292. The van der Waals surface area contributed by atoms with E-state index in [1.54, 1.807) is 0 Å². The SMILES string of the molecule is CI(I)I(I)I(I)I. The van der Waals surface area contributed by atoms with E-state index >= 15 is 0 Å². The van der Waals surface area contributed by atoms with Gasteiger partial charge in [0.2, 0.25) is 0 Å². The average Bonchev–Trinajstić information content (AvgIpc) is 1.64. The molecular weight excluding hydrogens is 900 g/mol. The van der Waals surface area contributed by atoms with Crippen LogP contribution in [-0.2, 0) is 0 Å². The fourth-order valence-electron chi connectivity index (χ4n) is 0.0562. The second kappa shape index (κ2) is 7.51. The molecule has 0 saturated heterocycles. The normalized spacial score (nSPS) is 15.4. The zero-order valence-corrected chi connectivity index (χ0v) is 18.7. The zero-order chi connectivity index (χ0) is 6.73. The van der Waals surface area contributed by atoms with Crippen LogP contribution in [0, 0.1) is 0 Å². The molecule has 0 atom stereocenters. The Labute approximate surface area is 103 Å². The maximum atomic E-state index is 2.79. The third-order valence-corrected chi connectivity index (χ3v) is 281. The molecule has 0 unspecified atom stereocenters. The number of halogens is 7. The van der Waals surface area contributed by atoms with Crippen molar-refractivity contribution in [2.75, 3.05) is 4.93 Å². The molecule has 0 bridgehead atoms. The van der Waals surface area contributed by atoms with E-state index in [4.69, 9.17) is 0 Å². The minimum absolute atomic E-state index is 0.261. The van der Waals surface area contributed by atoms with E-state index in [-0.39, 0.29) is 27.7 Å². The van der Waals surface area contributed by atoms with Crippen LogP contribution in [-0.4, -0.2) is 4.93 Å². The Morgan fingerprint density at radius 3 is 1.38 bits per heavy atom. The molecule has 0 amide bonds. The van der Waals surface area contributed by atoms with E-state index < -0.39 is 0 Å². The number of rotatable bonds is 2. The van der Waals surface area contributed by atoms with Crippen molar-refractivity contribution in [3.8, 4) is 0 Å². The first-order valence-electron chi connectivity index (χ1n) is 1.24. The van der Waals surface area contributed by atoms with E-state index in [9.17, 15) is 0 Å². The van der Waals surface area contributed by atoms with Crippen molar-refractivity contribution in [3.05, 3.63) is 0 Å². The quantitative estimate of drug-likeness (QED) is 0.224. The molecule has 0 radical (unpaired) electrons. The molecule has 0 spiro atoms. The molecule has 0 N–H and O–H groups in total. The molecule has 0 aromatic carbocycles. The van der Waals surface area contributed by atoms with Crippen molar-refractivity contribution in [1.29, 1.82) is 0 Å². The monoisotopic (exact) mass is 903 g/mol. The topological polar surface area (TPSA) is 0 Å². The second-order valence-electron chi connectivity index (χ2n) is 0.664. The maximum absolute atomic E-state index is 2.79. The Bertz CT molecular complexity index is 49.4. The predicted octanol–water partition coefficient (Wildman–Crippen LogP) is 6.37. The van der Waals surface area contributed by atoms with Crippen molar-refractivity contribution in [2.45, 2.75) is 0 Å². The summed E-state index contributed by atoms with van der Waals surface area (Å²) in [5.41, 5.74) is 0. The van der Waals surface area contributed by atoms with Gasteiger partial charge in [0, 0.05) is 0 Å². The molecule has 0 rings (SSSR count). The predicted molar refractivity (Wildman–Crippen MR) is 104 cm³/mol. The third-order valence-electron chi connectivity index (χ3n) is 0.230. The van der Waals surface area contributed by atoms with Crippen LogP contribution in [0.3, 0.4) is 0 Å². The van der Waals surface area contributed by atoms with Gasteiger partial charge in [0.25, 0.3) is 0 Å². The molecule has 7 heteroatoms. The molecule has 0 aromatic heterocycles. The molecule has 0 aliphatic heterocycles. The van der Waals surface area contributed by atoms with Gasteiger partial charge in [-0.2, -0.15) is 0 Å². The van der Waals surface area contributed by atoms with E-state index in [1.807, 2.05) is 0 Å². The van der Waals surface area contributed by atoms with Gasteiger partial charge < -0.3 is 0 Å². The van der Waals surface area contributed by atoms with Crippen LogP contribution >= 0.6 is 102 Å². The van der Waals surface area contributed by atoms with Crippen LogP contribution < -0.4 is 0 Å². The van der Waals surface area contributed by atoms with Gasteiger partial charge in [-0.1, -0.05) is 0 Å². The molecule has 56 valence electrons. The summed E-state index contributed by atoms with van der Waals surface area (Å²) in [6, 6.07) is 0. The van der Waals surface area contributed by atoms with Crippen LogP contribution in [0.15, 0.2) is 0 Å². The standard InChI is InChI=1S/CH3I7/c1-6(2)8(5)7(3)4/h1H3. The first-order chi connectivity index (χ1) is 3.55. The Morgan fingerprint density at radius 1 is 1.00 bits per heavy atom. The molecule has 0 aliphatic carbocycles. The van der Waals surface area contributed by atoms with Crippen molar-refractivity contribution >= 4 is 102 Å². The Hall–Kier alpha value is 5.11. The number of alkyl halides is 1. The van der Waals surface area contributed by atoms with Gasteiger partial charge in [-0.3, -0.25) is 0 Å². The van der Waals surface area contributed by atoms with Crippen molar-refractivity contribution < 1.29 is 0 Å². The Morgan fingerprint density at radius 2 is 1.38 bits per heavy atom. The van der Waals surface area contributed by atoms with E-state index in [0.717, 1.165) is 0 Å². The summed E-state index contributed by atoms with van der Waals surface area (Å²) in [5, 5.41) is 0. The van der Waals surface area contributed by atoms with Gasteiger partial charge in [-0.25, -0.2) is 0 Å². The molecule has 0 fully saturated rings. The van der Waals surface area contributed by atoms with Crippen molar-refractivity contribution in [1.82, 2.24) is 0 Å². The molecule has 0 aliphatic rings. The van der Waals surface area contributed by atoms with Crippen LogP contribution in [0.5, 0.6) is 0 Å². The first-order valence-corrected chi connectivity index (χ1v) is 41.1. The van der Waals surface area contributed by atoms with Crippen molar-refractivity contribution in [2.24, 2.45) is 0 Å². The summed E-state index contributed by atoms with van der Waals surface area (Å²) in [6.07, 6.45) is 0. The summed E-state index contributed by atoms with van der Waals surface area (Å²) in [7, 11) is -0.588. The van der Waals surface area contributed by atoms with Gasteiger partial charge in [-0.15, -0.1) is 0 Å². The molecule has 8 heavy (non-hydrogen) atoms. The molecule has 0 saturated carbocycles. The number of hydrogen-bond donors (Lipinski definition) is 0. The zero-order valence-electron chi connectivity index (χ0n) is 3.65. The Kier molecular flexibility index (Phi) is 12.3. The van der Waals surface area contributed by atoms with Crippen LogP contribution in [0.2, 0.25) is 0 Å². The van der Waals surface area contributed by atoms with Crippen LogP contribution in [0.4, 0.5) is 0 Å². The van der Waals surface area contributed by atoms with Gasteiger partial charge in [0.05, 0.1) is 0 Å². The summed E-state index contributed by atoms with van der Waals surface area (Å²) >= 11 is 10.7. The summed E-state index contributed by atoms with van der Waals surface area (Å²) in [6.45, 7) is 0. The molecular formula is CH3I7. The summed E-state index contributed by atoms with van der Waals surface area (Å²) in [5.74, 6) is 0.